The second-order valence-corrected chi connectivity index (χ2v) is 9.08. The quantitative estimate of drug-likeness (QED) is 0.502. The van der Waals surface area contributed by atoms with Crippen LogP contribution in [0.15, 0.2) is 42.5 Å². The number of benzene rings is 2. The predicted molar refractivity (Wildman–Crippen MR) is 123 cm³/mol. The standard InChI is InChI=1S/C24H25ClFN3O5/c1-33-12-21(30)27-19-5-3-2-4-16(19)23(32)29-24-9-14(10-24)20(11-24)28-22(31)13-34-15-6-7-17(25)18(26)8-15/h2-8,14,20H,9-13H2,1H3,(H,27,30)(H,28,31)(H,29,32). The van der Waals surface area contributed by atoms with Gasteiger partial charge in [0.15, 0.2) is 6.61 Å². The predicted octanol–water partition coefficient (Wildman–Crippen LogP) is 2.91. The zero-order valence-electron chi connectivity index (χ0n) is 18.5. The lowest BCUT2D eigenvalue weighted by molar-refractivity contribution is -0.124. The largest absolute Gasteiger partial charge is 0.484 e. The van der Waals surface area contributed by atoms with Gasteiger partial charge in [0.2, 0.25) is 5.91 Å². The molecular formula is C24H25ClFN3O5. The zero-order chi connectivity index (χ0) is 24.3. The molecule has 1 atom stereocenters. The first kappa shape index (κ1) is 24.0. The van der Waals surface area contributed by atoms with Crippen LogP contribution in [-0.2, 0) is 14.3 Å². The summed E-state index contributed by atoms with van der Waals surface area (Å²) in [5.74, 6) is -1.10. The Hall–Kier alpha value is -3.17. The number of amides is 3. The highest BCUT2D eigenvalue weighted by molar-refractivity contribution is 6.30. The van der Waals surface area contributed by atoms with Gasteiger partial charge < -0.3 is 25.4 Å². The van der Waals surface area contributed by atoms with Crippen molar-refractivity contribution in [1.29, 1.82) is 0 Å². The molecule has 0 saturated heterocycles. The van der Waals surface area contributed by atoms with E-state index in [9.17, 15) is 18.8 Å². The lowest BCUT2D eigenvalue weighted by Gasteiger charge is -2.39. The van der Waals surface area contributed by atoms with Crippen molar-refractivity contribution in [2.45, 2.75) is 30.8 Å². The molecule has 2 aromatic carbocycles. The first-order chi connectivity index (χ1) is 16.3. The monoisotopic (exact) mass is 489 g/mol. The first-order valence-corrected chi connectivity index (χ1v) is 11.2. The van der Waals surface area contributed by atoms with E-state index in [2.05, 4.69) is 16.0 Å². The van der Waals surface area contributed by atoms with Crippen LogP contribution in [0.4, 0.5) is 10.1 Å². The number of halogens is 2. The molecule has 8 nitrogen and oxygen atoms in total. The molecule has 0 aromatic heterocycles. The third-order valence-corrected chi connectivity index (χ3v) is 6.50. The van der Waals surface area contributed by atoms with Crippen LogP contribution in [0.1, 0.15) is 29.6 Å². The number of anilines is 1. The highest BCUT2D eigenvalue weighted by atomic mass is 35.5. The normalized spacial score (nSPS) is 22.4. The molecule has 10 heteroatoms. The highest BCUT2D eigenvalue weighted by Gasteiger charge is 2.57. The van der Waals surface area contributed by atoms with Gasteiger partial charge in [-0.25, -0.2) is 4.39 Å². The fourth-order valence-corrected chi connectivity index (χ4v) is 4.80. The van der Waals surface area contributed by atoms with Gasteiger partial charge in [-0.1, -0.05) is 23.7 Å². The number of carbonyl (C=O) groups excluding carboxylic acids is 3. The Labute approximate surface area is 201 Å². The summed E-state index contributed by atoms with van der Waals surface area (Å²) in [6.07, 6.45) is 2.11. The molecule has 0 spiro atoms. The van der Waals surface area contributed by atoms with E-state index in [1.807, 2.05) is 0 Å². The molecule has 0 radical (unpaired) electrons. The van der Waals surface area contributed by atoms with Crippen molar-refractivity contribution in [1.82, 2.24) is 10.6 Å². The Morgan fingerprint density at radius 3 is 2.59 bits per heavy atom. The van der Waals surface area contributed by atoms with Crippen LogP contribution >= 0.6 is 11.6 Å². The third-order valence-electron chi connectivity index (χ3n) is 6.19. The van der Waals surface area contributed by atoms with Crippen LogP contribution in [0.3, 0.4) is 0 Å². The summed E-state index contributed by atoms with van der Waals surface area (Å²) in [5.41, 5.74) is 0.373. The van der Waals surface area contributed by atoms with Crippen molar-refractivity contribution in [2.75, 3.05) is 25.6 Å². The maximum absolute atomic E-state index is 13.5. The van der Waals surface area contributed by atoms with Gasteiger partial charge >= 0.3 is 0 Å². The van der Waals surface area contributed by atoms with E-state index in [1.54, 1.807) is 24.3 Å². The molecule has 3 aliphatic rings. The molecule has 2 aromatic rings. The maximum Gasteiger partial charge on any atom is 0.258 e. The topological polar surface area (TPSA) is 106 Å². The molecule has 0 aliphatic heterocycles. The van der Waals surface area contributed by atoms with Gasteiger partial charge in [-0.05, 0) is 49.4 Å². The molecule has 3 fully saturated rings. The molecule has 3 aliphatic carbocycles. The van der Waals surface area contributed by atoms with Crippen LogP contribution in [0, 0.1) is 11.7 Å². The summed E-state index contributed by atoms with van der Waals surface area (Å²) in [6.45, 7) is -0.363. The van der Waals surface area contributed by atoms with Crippen molar-refractivity contribution < 1.29 is 28.2 Å². The average molecular weight is 490 g/mol. The molecule has 1 unspecified atom stereocenters. The number of fused-ring (bicyclic) bond motifs is 1. The minimum absolute atomic E-state index is 0.0187. The summed E-state index contributed by atoms with van der Waals surface area (Å²) in [6, 6.07) is 10.7. The van der Waals surface area contributed by atoms with Crippen molar-refractivity contribution in [3.8, 4) is 5.75 Å². The Bertz CT molecular complexity index is 1110. The van der Waals surface area contributed by atoms with E-state index in [4.69, 9.17) is 21.1 Å². The summed E-state index contributed by atoms with van der Waals surface area (Å²) >= 11 is 5.65. The van der Waals surface area contributed by atoms with Crippen LogP contribution in [0.5, 0.6) is 5.75 Å². The average Bonchev–Trinajstić information content (AvgIpc) is 3.28. The van der Waals surface area contributed by atoms with Crippen molar-refractivity contribution >= 4 is 35.0 Å². The zero-order valence-corrected chi connectivity index (χ0v) is 19.3. The van der Waals surface area contributed by atoms with E-state index in [0.717, 1.165) is 18.9 Å². The number of hydrogen-bond donors (Lipinski definition) is 3. The summed E-state index contributed by atoms with van der Waals surface area (Å²) in [7, 11) is 1.42. The van der Waals surface area contributed by atoms with E-state index in [1.165, 1.54) is 19.2 Å². The Balaban J connectivity index is 1.30. The van der Waals surface area contributed by atoms with E-state index < -0.39 is 11.4 Å². The van der Waals surface area contributed by atoms with Gasteiger partial charge in [0.25, 0.3) is 11.8 Å². The number of rotatable bonds is 9. The van der Waals surface area contributed by atoms with Crippen molar-refractivity contribution in [3.63, 3.8) is 0 Å². The van der Waals surface area contributed by atoms with Gasteiger partial charge in [0, 0.05) is 24.8 Å². The second kappa shape index (κ2) is 9.99. The Morgan fingerprint density at radius 1 is 1.09 bits per heavy atom. The molecule has 180 valence electrons. The molecule has 3 N–H and O–H groups in total. The third kappa shape index (κ3) is 5.31. The Kier molecular flexibility index (Phi) is 7.04. The minimum Gasteiger partial charge on any atom is -0.484 e. The van der Waals surface area contributed by atoms with Crippen molar-refractivity contribution in [2.24, 2.45) is 5.92 Å². The fourth-order valence-electron chi connectivity index (χ4n) is 4.68. The Morgan fingerprint density at radius 2 is 1.85 bits per heavy atom. The summed E-state index contributed by atoms with van der Waals surface area (Å²) in [4.78, 5) is 37.2. The number of hydrogen-bond acceptors (Lipinski definition) is 5. The highest BCUT2D eigenvalue weighted by Crippen LogP contribution is 2.52. The molecule has 3 saturated carbocycles. The number of para-hydroxylation sites is 1. The minimum atomic E-state index is -0.617. The van der Waals surface area contributed by atoms with Crippen LogP contribution < -0.4 is 20.7 Å². The fraction of sp³-hybridized carbons (Fsp3) is 0.375. The number of ether oxygens (including phenoxy) is 2. The molecule has 2 bridgehead atoms. The number of carbonyl (C=O) groups is 3. The molecular weight excluding hydrogens is 465 g/mol. The van der Waals surface area contributed by atoms with E-state index in [0.29, 0.717) is 17.7 Å². The van der Waals surface area contributed by atoms with Crippen LogP contribution in [-0.4, -0.2) is 49.6 Å². The lowest BCUT2D eigenvalue weighted by atomic mass is 9.76. The maximum atomic E-state index is 13.5. The molecule has 5 rings (SSSR count). The van der Waals surface area contributed by atoms with Crippen LogP contribution in [0.2, 0.25) is 5.02 Å². The first-order valence-electron chi connectivity index (χ1n) is 10.9. The van der Waals surface area contributed by atoms with Gasteiger partial charge in [-0.2, -0.15) is 0 Å². The van der Waals surface area contributed by atoms with Gasteiger partial charge in [0.1, 0.15) is 18.2 Å². The molecule has 34 heavy (non-hydrogen) atoms. The van der Waals surface area contributed by atoms with E-state index in [-0.39, 0.29) is 53.7 Å². The number of methoxy groups -OCH3 is 1. The van der Waals surface area contributed by atoms with Crippen molar-refractivity contribution in [3.05, 3.63) is 58.9 Å². The van der Waals surface area contributed by atoms with Gasteiger partial charge in [-0.15, -0.1) is 0 Å². The lowest BCUT2D eigenvalue weighted by Crippen LogP contribution is -2.52. The molecule has 0 heterocycles. The van der Waals surface area contributed by atoms with Gasteiger partial charge in [-0.3, -0.25) is 14.4 Å². The van der Waals surface area contributed by atoms with Gasteiger partial charge in [0.05, 0.1) is 16.3 Å². The number of nitrogens with one attached hydrogen (secondary N) is 3. The van der Waals surface area contributed by atoms with E-state index >= 15 is 0 Å². The SMILES string of the molecule is COCC(=O)Nc1ccccc1C(=O)NC12CC(C1)C(NC(=O)COc1ccc(Cl)c(F)c1)C2. The second-order valence-electron chi connectivity index (χ2n) is 8.67. The summed E-state index contributed by atoms with van der Waals surface area (Å²) < 4.78 is 23.7. The summed E-state index contributed by atoms with van der Waals surface area (Å²) in [5, 5.41) is 8.71. The smallest absolute Gasteiger partial charge is 0.258 e. The van der Waals surface area contributed by atoms with Crippen LogP contribution in [0.25, 0.3) is 0 Å². The molecule has 3 amide bonds.